The molecular formula is C19H17F3N4O2. The molecule has 0 aliphatic rings. The second-order valence-electron chi connectivity index (χ2n) is 6.24. The van der Waals surface area contributed by atoms with Crippen molar-refractivity contribution in [2.24, 2.45) is 0 Å². The van der Waals surface area contributed by atoms with Crippen molar-refractivity contribution < 1.29 is 22.5 Å². The maximum absolute atomic E-state index is 12.5. The highest BCUT2D eigenvalue weighted by Crippen LogP contribution is 2.29. The number of benzene rings is 2. The molecule has 0 aliphatic carbocycles. The number of rotatable bonds is 5. The van der Waals surface area contributed by atoms with Crippen molar-refractivity contribution in [1.29, 1.82) is 0 Å². The standard InChI is InChI=1S/C19H17F3N4O2/c1-26(2)15-9-3-12(4-10-15)11-23-17(27)14-7-5-13(6-8-14)16-24-18(28-25-16)19(20,21)22/h3-10H,11H2,1-2H3,(H,23,27). The zero-order valence-electron chi connectivity index (χ0n) is 15.1. The van der Waals surface area contributed by atoms with Gasteiger partial charge in [-0.3, -0.25) is 4.79 Å². The van der Waals surface area contributed by atoms with Crippen LogP contribution in [0.4, 0.5) is 18.9 Å². The van der Waals surface area contributed by atoms with E-state index < -0.39 is 12.1 Å². The molecule has 3 aromatic rings. The number of hydrogen-bond acceptors (Lipinski definition) is 5. The molecule has 0 radical (unpaired) electrons. The Hall–Kier alpha value is -3.36. The minimum Gasteiger partial charge on any atom is -0.378 e. The van der Waals surface area contributed by atoms with E-state index in [4.69, 9.17) is 0 Å². The first-order valence-electron chi connectivity index (χ1n) is 8.30. The van der Waals surface area contributed by atoms with Crippen molar-refractivity contribution in [3.05, 3.63) is 65.5 Å². The first-order chi connectivity index (χ1) is 13.2. The molecular weight excluding hydrogens is 373 g/mol. The topological polar surface area (TPSA) is 71.3 Å². The van der Waals surface area contributed by atoms with E-state index in [0.717, 1.165) is 11.3 Å². The average Bonchev–Trinajstić information content (AvgIpc) is 3.17. The number of hydrogen-bond donors (Lipinski definition) is 1. The lowest BCUT2D eigenvalue weighted by atomic mass is 10.1. The molecule has 0 fully saturated rings. The lowest BCUT2D eigenvalue weighted by Gasteiger charge is -2.13. The van der Waals surface area contributed by atoms with Gasteiger partial charge in [-0.15, -0.1) is 0 Å². The van der Waals surface area contributed by atoms with E-state index in [2.05, 4.69) is 20.0 Å². The molecule has 0 spiro atoms. The Bertz CT molecular complexity index is 949. The Morgan fingerprint density at radius 2 is 1.71 bits per heavy atom. The van der Waals surface area contributed by atoms with Crippen LogP contribution >= 0.6 is 0 Å². The van der Waals surface area contributed by atoms with Gasteiger partial charge in [-0.25, -0.2) is 0 Å². The van der Waals surface area contributed by atoms with E-state index in [0.29, 0.717) is 17.7 Å². The summed E-state index contributed by atoms with van der Waals surface area (Å²) >= 11 is 0. The van der Waals surface area contributed by atoms with Gasteiger partial charge in [0.05, 0.1) is 0 Å². The van der Waals surface area contributed by atoms with E-state index in [1.165, 1.54) is 24.3 Å². The fourth-order valence-corrected chi connectivity index (χ4v) is 2.42. The molecule has 0 bridgehead atoms. The molecule has 9 heteroatoms. The van der Waals surface area contributed by atoms with E-state index in [-0.39, 0.29) is 11.7 Å². The molecule has 28 heavy (non-hydrogen) atoms. The Balaban J connectivity index is 1.62. The molecule has 1 aromatic heterocycles. The predicted molar refractivity (Wildman–Crippen MR) is 96.7 cm³/mol. The lowest BCUT2D eigenvalue weighted by molar-refractivity contribution is -0.159. The second-order valence-corrected chi connectivity index (χ2v) is 6.24. The van der Waals surface area contributed by atoms with Crippen molar-refractivity contribution >= 4 is 11.6 Å². The summed E-state index contributed by atoms with van der Waals surface area (Å²) in [7, 11) is 3.89. The van der Waals surface area contributed by atoms with Crippen LogP contribution in [0.3, 0.4) is 0 Å². The van der Waals surface area contributed by atoms with Crippen molar-refractivity contribution in [3.8, 4) is 11.4 Å². The Morgan fingerprint density at radius 3 is 2.25 bits per heavy atom. The Kier molecular flexibility index (Phi) is 5.34. The summed E-state index contributed by atoms with van der Waals surface area (Å²) in [5.74, 6) is -1.91. The normalized spacial score (nSPS) is 11.3. The highest BCUT2D eigenvalue weighted by Gasteiger charge is 2.38. The van der Waals surface area contributed by atoms with Gasteiger partial charge in [0.1, 0.15) is 0 Å². The van der Waals surface area contributed by atoms with Crippen LogP contribution in [0.1, 0.15) is 21.8 Å². The Labute approximate surface area is 159 Å². The molecule has 0 saturated heterocycles. The van der Waals surface area contributed by atoms with Crippen molar-refractivity contribution in [2.75, 3.05) is 19.0 Å². The highest BCUT2D eigenvalue weighted by atomic mass is 19.4. The average molecular weight is 390 g/mol. The number of amides is 1. The van der Waals surface area contributed by atoms with E-state index >= 15 is 0 Å². The molecule has 1 heterocycles. The van der Waals surface area contributed by atoms with Crippen LogP contribution in [0.2, 0.25) is 0 Å². The molecule has 1 amide bonds. The highest BCUT2D eigenvalue weighted by molar-refractivity contribution is 5.94. The van der Waals surface area contributed by atoms with Gasteiger partial charge in [-0.1, -0.05) is 29.4 Å². The number of aromatic nitrogens is 2. The number of carbonyl (C=O) groups excluding carboxylic acids is 1. The predicted octanol–water partition coefficient (Wildman–Crippen LogP) is 3.75. The van der Waals surface area contributed by atoms with Gasteiger partial charge in [0.15, 0.2) is 0 Å². The summed E-state index contributed by atoms with van der Waals surface area (Å²) in [5.41, 5.74) is 2.69. The Morgan fingerprint density at radius 1 is 1.07 bits per heavy atom. The van der Waals surface area contributed by atoms with Gasteiger partial charge in [0.25, 0.3) is 5.91 Å². The summed E-state index contributed by atoms with van der Waals surface area (Å²) < 4.78 is 41.8. The van der Waals surface area contributed by atoms with Crippen LogP contribution in [0.5, 0.6) is 0 Å². The van der Waals surface area contributed by atoms with E-state index in [9.17, 15) is 18.0 Å². The number of halogens is 3. The smallest absolute Gasteiger partial charge is 0.378 e. The van der Waals surface area contributed by atoms with Gasteiger partial charge in [0.2, 0.25) is 5.82 Å². The summed E-state index contributed by atoms with van der Waals surface area (Å²) in [6.45, 7) is 0.355. The van der Waals surface area contributed by atoms with Crippen LogP contribution in [-0.4, -0.2) is 30.1 Å². The third-order valence-electron chi connectivity index (χ3n) is 3.98. The van der Waals surface area contributed by atoms with E-state index in [1.807, 2.05) is 43.3 Å². The largest absolute Gasteiger partial charge is 0.471 e. The van der Waals surface area contributed by atoms with E-state index in [1.54, 1.807) is 0 Å². The van der Waals surface area contributed by atoms with Gasteiger partial charge in [-0.2, -0.15) is 18.2 Å². The maximum Gasteiger partial charge on any atom is 0.471 e. The number of nitrogens with zero attached hydrogens (tertiary/aromatic N) is 3. The fraction of sp³-hybridized carbons (Fsp3) is 0.211. The number of nitrogens with one attached hydrogen (secondary N) is 1. The minimum absolute atomic E-state index is 0.194. The zero-order chi connectivity index (χ0) is 20.3. The molecule has 6 nitrogen and oxygen atoms in total. The summed E-state index contributed by atoms with van der Waals surface area (Å²) in [6, 6.07) is 13.7. The van der Waals surface area contributed by atoms with Crippen LogP contribution in [0, 0.1) is 0 Å². The van der Waals surface area contributed by atoms with Gasteiger partial charge < -0.3 is 14.7 Å². The summed E-state index contributed by atoms with van der Waals surface area (Å²) in [5, 5.41) is 6.11. The number of carbonyl (C=O) groups is 1. The summed E-state index contributed by atoms with van der Waals surface area (Å²) in [4.78, 5) is 17.6. The van der Waals surface area contributed by atoms with Crippen LogP contribution in [0.15, 0.2) is 53.1 Å². The van der Waals surface area contributed by atoms with Crippen LogP contribution in [-0.2, 0) is 12.7 Å². The van der Waals surface area contributed by atoms with Gasteiger partial charge in [-0.05, 0) is 29.8 Å². The van der Waals surface area contributed by atoms with Gasteiger partial charge >= 0.3 is 12.1 Å². The van der Waals surface area contributed by atoms with Gasteiger partial charge in [0, 0.05) is 37.5 Å². The number of alkyl halides is 3. The second kappa shape index (κ2) is 7.71. The van der Waals surface area contributed by atoms with Crippen LogP contribution in [0.25, 0.3) is 11.4 Å². The fourth-order valence-electron chi connectivity index (χ4n) is 2.42. The number of anilines is 1. The third kappa shape index (κ3) is 4.48. The van der Waals surface area contributed by atoms with Crippen molar-refractivity contribution in [2.45, 2.75) is 12.7 Å². The summed E-state index contributed by atoms with van der Waals surface area (Å²) in [6.07, 6.45) is -4.70. The SMILES string of the molecule is CN(C)c1ccc(CNC(=O)c2ccc(-c3noc(C(F)(F)F)n3)cc2)cc1. The van der Waals surface area contributed by atoms with Crippen molar-refractivity contribution in [1.82, 2.24) is 15.5 Å². The monoisotopic (exact) mass is 390 g/mol. The molecule has 1 N–H and O–H groups in total. The third-order valence-corrected chi connectivity index (χ3v) is 3.98. The quantitative estimate of drug-likeness (QED) is 0.719. The first kappa shape index (κ1) is 19.4. The maximum atomic E-state index is 12.5. The molecule has 146 valence electrons. The lowest BCUT2D eigenvalue weighted by Crippen LogP contribution is -2.22. The molecule has 0 unspecified atom stereocenters. The first-order valence-corrected chi connectivity index (χ1v) is 8.30. The molecule has 0 saturated carbocycles. The molecule has 3 rings (SSSR count). The zero-order valence-corrected chi connectivity index (χ0v) is 15.1. The molecule has 0 atom stereocenters. The van der Waals surface area contributed by atoms with Crippen LogP contribution < -0.4 is 10.2 Å². The molecule has 2 aromatic carbocycles. The van der Waals surface area contributed by atoms with Crippen molar-refractivity contribution in [3.63, 3.8) is 0 Å². The minimum atomic E-state index is -4.70. The molecule has 0 aliphatic heterocycles.